The van der Waals surface area contributed by atoms with Gasteiger partial charge in [0.2, 0.25) is 0 Å². The Bertz CT molecular complexity index is 1240. The first-order valence-corrected chi connectivity index (χ1v) is 12.6. The molecule has 4 aromatic carbocycles. The lowest BCUT2D eigenvalue weighted by Gasteiger charge is -2.65. The van der Waals surface area contributed by atoms with E-state index in [1.807, 2.05) is 48.5 Å². The average molecular weight is 477 g/mol. The molecule has 5 rings (SSSR count). The van der Waals surface area contributed by atoms with E-state index < -0.39 is 0 Å². The van der Waals surface area contributed by atoms with Gasteiger partial charge in [-0.1, -0.05) is 64.1 Å². The predicted molar refractivity (Wildman–Crippen MR) is 154 cm³/mol. The zero-order valence-corrected chi connectivity index (χ0v) is 21.5. The third-order valence-electron chi connectivity index (χ3n) is 7.85. The SMILES string of the molecule is CC1(C)C(c2cc(N)ccc2Nc2ccccc2)C(C)(C)C1c1cc(N)ccc1Nc1ccccc1. The molecule has 0 spiro atoms. The first-order chi connectivity index (χ1) is 17.2. The molecule has 1 saturated carbocycles. The maximum atomic E-state index is 6.34. The van der Waals surface area contributed by atoms with Gasteiger partial charge in [-0.15, -0.1) is 0 Å². The lowest BCUT2D eigenvalue weighted by atomic mass is 9.38. The molecule has 0 unspecified atom stereocenters. The fourth-order valence-corrected chi connectivity index (χ4v) is 6.98. The Morgan fingerprint density at radius 1 is 0.528 bits per heavy atom. The van der Waals surface area contributed by atoms with Gasteiger partial charge in [-0.25, -0.2) is 0 Å². The summed E-state index contributed by atoms with van der Waals surface area (Å²) in [4.78, 5) is 0. The van der Waals surface area contributed by atoms with Crippen molar-refractivity contribution in [1.82, 2.24) is 0 Å². The van der Waals surface area contributed by atoms with Crippen molar-refractivity contribution in [2.24, 2.45) is 10.8 Å². The van der Waals surface area contributed by atoms with E-state index in [1.165, 1.54) is 11.1 Å². The van der Waals surface area contributed by atoms with E-state index in [1.54, 1.807) is 0 Å². The summed E-state index contributed by atoms with van der Waals surface area (Å²) in [7, 11) is 0. The second kappa shape index (κ2) is 8.94. The third kappa shape index (κ3) is 4.17. The van der Waals surface area contributed by atoms with Gasteiger partial charge >= 0.3 is 0 Å². The standard InChI is InChI=1S/C32H36N4/c1-31(2)29(25-19-21(33)15-17-27(25)35-23-11-7-5-8-12-23)32(3,4)30(31)26-20-22(34)16-18-28(26)36-24-13-9-6-10-14-24/h5-20,29-30,35-36H,33-34H2,1-4H3. The molecule has 1 fully saturated rings. The van der Waals surface area contributed by atoms with E-state index in [0.717, 1.165) is 34.1 Å². The molecule has 0 saturated heterocycles. The summed E-state index contributed by atoms with van der Waals surface area (Å²) in [5.74, 6) is 0.575. The highest BCUT2D eigenvalue weighted by Gasteiger charge is 2.63. The Morgan fingerprint density at radius 3 is 1.25 bits per heavy atom. The quantitative estimate of drug-likeness (QED) is 0.211. The minimum atomic E-state index is -0.0364. The molecular weight excluding hydrogens is 440 g/mol. The normalized spacial score (nSPS) is 19.8. The summed E-state index contributed by atoms with van der Waals surface area (Å²) in [5.41, 5.74) is 21.0. The number of para-hydroxylation sites is 2. The molecule has 1 aliphatic carbocycles. The summed E-state index contributed by atoms with van der Waals surface area (Å²) < 4.78 is 0. The van der Waals surface area contributed by atoms with Gasteiger partial charge in [0.05, 0.1) is 0 Å². The van der Waals surface area contributed by atoms with Crippen molar-refractivity contribution >= 4 is 34.1 Å². The zero-order valence-electron chi connectivity index (χ0n) is 21.5. The molecule has 1 aliphatic rings. The predicted octanol–water partition coefficient (Wildman–Crippen LogP) is 8.27. The van der Waals surface area contributed by atoms with Crippen LogP contribution in [0.3, 0.4) is 0 Å². The fourth-order valence-electron chi connectivity index (χ4n) is 6.98. The molecule has 0 heterocycles. The second-order valence-electron chi connectivity index (χ2n) is 11.2. The van der Waals surface area contributed by atoms with Crippen LogP contribution in [0, 0.1) is 10.8 Å². The zero-order chi connectivity index (χ0) is 25.5. The van der Waals surface area contributed by atoms with Crippen LogP contribution in [0.25, 0.3) is 0 Å². The average Bonchev–Trinajstić information content (AvgIpc) is 2.83. The topological polar surface area (TPSA) is 76.1 Å². The second-order valence-corrected chi connectivity index (χ2v) is 11.2. The highest BCUT2D eigenvalue weighted by atomic mass is 14.9. The Balaban J connectivity index is 1.55. The molecule has 6 N–H and O–H groups in total. The van der Waals surface area contributed by atoms with Gasteiger partial charge in [0.15, 0.2) is 0 Å². The maximum absolute atomic E-state index is 6.34. The molecule has 36 heavy (non-hydrogen) atoms. The van der Waals surface area contributed by atoms with Crippen molar-refractivity contribution in [3.8, 4) is 0 Å². The first-order valence-electron chi connectivity index (χ1n) is 12.6. The van der Waals surface area contributed by atoms with Gasteiger partial charge in [-0.05, 0) is 94.5 Å². The summed E-state index contributed by atoms with van der Waals surface area (Å²) in [6.07, 6.45) is 0. The minimum Gasteiger partial charge on any atom is -0.399 e. The molecule has 0 aromatic heterocycles. The van der Waals surface area contributed by atoms with Crippen LogP contribution in [-0.4, -0.2) is 0 Å². The molecule has 184 valence electrons. The van der Waals surface area contributed by atoms with Crippen LogP contribution in [0.15, 0.2) is 97.1 Å². The Kier molecular flexibility index (Phi) is 5.91. The van der Waals surface area contributed by atoms with E-state index >= 15 is 0 Å². The van der Waals surface area contributed by atoms with Gasteiger partial charge in [-0.3, -0.25) is 0 Å². The van der Waals surface area contributed by atoms with Gasteiger partial charge in [0.1, 0.15) is 0 Å². The molecule has 0 atom stereocenters. The van der Waals surface area contributed by atoms with Crippen LogP contribution < -0.4 is 22.1 Å². The fraction of sp³-hybridized carbons (Fsp3) is 0.250. The number of rotatable bonds is 6. The van der Waals surface area contributed by atoms with E-state index in [0.29, 0.717) is 0 Å². The molecule has 0 amide bonds. The summed E-state index contributed by atoms with van der Waals surface area (Å²) in [6, 6.07) is 33.1. The molecule has 4 aromatic rings. The van der Waals surface area contributed by atoms with Crippen LogP contribution in [-0.2, 0) is 0 Å². The summed E-state index contributed by atoms with van der Waals surface area (Å²) in [5, 5.41) is 7.29. The highest BCUT2D eigenvalue weighted by Crippen LogP contribution is 2.73. The molecule has 4 heteroatoms. The van der Waals surface area contributed by atoms with Crippen LogP contribution in [0.1, 0.15) is 50.7 Å². The number of hydrogen-bond acceptors (Lipinski definition) is 4. The number of nitrogens with one attached hydrogen (secondary N) is 2. The molecule has 4 nitrogen and oxygen atoms in total. The number of nitrogen functional groups attached to an aromatic ring is 2. The van der Waals surface area contributed by atoms with E-state index in [4.69, 9.17) is 11.5 Å². The lowest BCUT2D eigenvalue weighted by Crippen LogP contribution is -2.56. The van der Waals surface area contributed by atoms with Crippen LogP contribution in [0.5, 0.6) is 0 Å². The Labute approximate surface area is 214 Å². The molecular formula is C32H36N4. The Morgan fingerprint density at radius 2 is 0.889 bits per heavy atom. The monoisotopic (exact) mass is 476 g/mol. The van der Waals surface area contributed by atoms with Crippen molar-refractivity contribution in [2.75, 3.05) is 22.1 Å². The van der Waals surface area contributed by atoms with E-state index in [2.05, 4.69) is 86.9 Å². The van der Waals surface area contributed by atoms with Crippen LogP contribution in [0.4, 0.5) is 34.1 Å². The third-order valence-corrected chi connectivity index (χ3v) is 7.85. The van der Waals surface area contributed by atoms with E-state index in [-0.39, 0.29) is 22.7 Å². The molecule has 0 aliphatic heterocycles. The summed E-state index contributed by atoms with van der Waals surface area (Å²) >= 11 is 0. The number of anilines is 6. The van der Waals surface area contributed by atoms with Crippen molar-refractivity contribution in [3.63, 3.8) is 0 Å². The van der Waals surface area contributed by atoms with Crippen LogP contribution in [0.2, 0.25) is 0 Å². The van der Waals surface area contributed by atoms with Gasteiger partial charge < -0.3 is 22.1 Å². The smallest absolute Gasteiger partial charge is 0.0421 e. The van der Waals surface area contributed by atoms with Gasteiger partial charge in [-0.2, -0.15) is 0 Å². The van der Waals surface area contributed by atoms with Crippen molar-refractivity contribution in [3.05, 3.63) is 108 Å². The van der Waals surface area contributed by atoms with Gasteiger partial charge in [0.25, 0.3) is 0 Å². The van der Waals surface area contributed by atoms with Gasteiger partial charge in [0, 0.05) is 34.1 Å². The van der Waals surface area contributed by atoms with E-state index in [9.17, 15) is 0 Å². The highest BCUT2D eigenvalue weighted by molar-refractivity contribution is 5.71. The maximum Gasteiger partial charge on any atom is 0.0421 e. The lowest BCUT2D eigenvalue weighted by molar-refractivity contribution is -0.0612. The van der Waals surface area contributed by atoms with Crippen molar-refractivity contribution < 1.29 is 0 Å². The summed E-state index contributed by atoms with van der Waals surface area (Å²) in [6.45, 7) is 9.49. The largest absolute Gasteiger partial charge is 0.399 e. The minimum absolute atomic E-state index is 0.0364. The molecule has 0 radical (unpaired) electrons. The van der Waals surface area contributed by atoms with Crippen LogP contribution >= 0.6 is 0 Å². The Hall–Kier alpha value is -3.92. The number of benzene rings is 4. The molecule has 0 bridgehead atoms. The first kappa shape index (κ1) is 23.8. The van der Waals surface area contributed by atoms with Crippen molar-refractivity contribution in [2.45, 2.75) is 39.5 Å². The number of hydrogen-bond donors (Lipinski definition) is 4. The number of nitrogens with two attached hydrogens (primary N) is 2. The van der Waals surface area contributed by atoms with Crippen molar-refractivity contribution in [1.29, 1.82) is 0 Å².